The van der Waals surface area contributed by atoms with Gasteiger partial charge in [-0.15, -0.1) is 24.0 Å². The monoisotopic (exact) mass is 450 g/mol. The van der Waals surface area contributed by atoms with E-state index >= 15 is 0 Å². The second-order valence-electron chi connectivity index (χ2n) is 5.34. The number of carbonyl (C=O) groups is 1. The van der Waals surface area contributed by atoms with Crippen molar-refractivity contribution in [3.8, 4) is 0 Å². The molecule has 1 saturated heterocycles. The lowest BCUT2D eigenvalue weighted by Gasteiger charge is -2.19. The van der Waals surface area contributed by atoms with E-state index in [1.807, 2.05) is 36.1 Å². The Morgan fingerprint density at radius 2 is 2.17 bits per heavy atom. The molecule has 1 aromatic rings. The number of rotatable bonds is 4. The van der Waals surface area contributed by atoms with Gasteiger partial charge < -0.3 is 15.5 Å². The lowest BCUT2D eigenvalue weighted by molar-refractivity contribution is -0.129. The van der Waals surface area contributed by atoms with Crippen molar-refractivity contribution in [3.63, 3.8) is 0 Å². The van der Waals surface area contributed by atoms with Gasteiger partial charge in [-0.3, -0.25) is 9.79 Å². The van der Waals surface area contributed by atoms with Crippen molar-refractivity contribution in [2.45, 2.75) is 32.4 Å². The number of hydrogen-bond donors (Lipinski definition) is 2. The molecule has 23 heavy (non-hydrogen) atoms. The summed E-state index contributed by atoms with van der Waals surface area (Å²) >= 11 is 6.15. The molecule has 1 aliphatic rings. The molecule has 5 nitrogen and oxygen atoms in total. The van der Waals surface area contributed by atoms with Crippen LogP contribution in [-0.2, 0) is 11.3 Å². The van der Waals surface area contributed by atoms with Crippen molar-refractivity contribution < 1.29 is 4.79 Å². The molecule has 128 valence electrons. The highest BCUT2D eigenvalue weighted by Crippen LogP contribution is 2.14. The number of hydrogen-bond acceptors (Lipinski definition) is 2. The molecule has 1 fully saturated rings. The number of aliphatic imine (C=N–C) groups is 1. The zero-order valence-electron chi connectivity index (χ0n) is 13.5. The molecular weight excluding hydrogens is 427 g/mol. The van der Waals surface area contributed by atoms with Crippen LogP contribution < -0.4 is 10.6 Å². The quantitative estimate of drug-likeness (QED) is 0.421. The summed E-state index contributed by atoms with van der Waals surface area (Å²) < 4.78 is 0. The first kappa shape index (κ1) is 20.0. The molecule has 1 amide bonds. The average molecular weight is 451 g/mol. The average Bonchev–Trinajstić information content (AvgIpc) is 3.00. The van der Waals surface area contributed by atoms with Crippen molar-refractivity contribution in [2.24, 2.45) is 4.99 Å². The topological polar surface area (TPSA) is 56.7 Å². The van der Waals surface area contributed by atoms with Crippen LogP contribution in [0.5, 0.6) is 0 Å². The maximum absolute atomic E-state index is 11.7. The molecule has 0 radical (unpaired) electrons. The lowest BCUT2D eigenvalue weighted by atomic mass is 10.2. The van der Waals surface area contributed by atoms with Crippen LogP contribution in [0, 0.1) is 0 Å². The third-order valence-corrected chi connectivity index (χ3v) is 4.18. The summed E-state index contributed by atoms with van der Waals surface area (Å²) in [6.45, 7) is 4.06. The fourth-order valence-electron chi connectivity index (χ4n) is 2.54. The first-order chi connectivity index (χ1) is 10.6. The molecule has 0 aliphatic carbocycles. The molecular formula is C16H24ClIN4O. The third kappa shape index (κ3) is 5.84. The van der Waals surface area contributed by atoms with Gasteiger partial charge in [0.15, 0.2) is 5.96 Å². The summed E-state index contributed by atoms with van der Waals surface area (Å²) in [5.41, 5.74) is 1.03. The minimum absolute atomic E-state index is 0. The largest absolute Gasteiger partial charge is 0.352 e. The molecule has 1 heterocycles. The van der Waals surface area contributed by atoms with Crippen LogP contribution >= 0.6 is 35.6 Å². The van der Waals surface area contributed by atoms with E-state index in [9.17, 15) is 4.79 Å². The normalized spacial score (nSPS) is 17.6. The predicted octanol–water partition coefficient (Wildman–Crippen LogP) is 2.63. The van der Waals surface area contributed by atoms with Gasteiger partial charge in [0.25, 0.3) is 0 Å². The van der Waals surface area contributed by atoms with Gasteiger partial charge in [0.1, 0.15) is 0 Å². The fourth-order valence-corrected chi connectivity index (χ4v) is 2.74. The van der Waals surface area contributed by atoms with Gasteiger partial charge in [0.05, 0.1) is 0 Å². The van der Waals surface area contributed by atoms with Gasteiger partial charge in [-0.1, -0.05) is 36.7 Å². The number of likely N-dealkylation sites (tertiary alicyclic amines) is 1. The number of amides is 1. The standard InChI is InChI=1S/C16H23ClN4O.HI/c1-3-15(22)21-9-8-13(11-21)20-16(18-2)19-10-12-6-4-5-7-14(12)17;/h4-7,13H,3,8-11H2,1-2H3,(H2,18,19,20);1H. The van der Waals surface area contributed by atoms with Crippen molar-refractivity contribution in [2.75, 3.05) is 20.1 Å². The molecule has 2 rings (SSSR count). The summed E-state index contributed by atoms with van der Waals surface area (Å²) in [6.07, 6.45) is 1.50. The minimum atomic E-state index is 0. The predicted molar refractivity (Wildman–Crippen MR) is 105 cm³/mol. The Morgan fingerprint density at radius 1 is 1.43 bits per heavy atom. The molecule has 0 saturated carbocycles. The first-order valence-corrected chi connectivity index (χ1v) is 8.00. The van der Waals surface area contributed by atoms with Crippen LogP contribution in [0.25, 0.3) is 0 Å². The first-order valence-electron chi connectivity index (χ1n) is 7.62. The van der Waals surface area contributed by atoms with E-state index in [4.69, 9.17) is 11.6 Å². The highest BCUT2D eigenvalue weighted by Gasteiger charge is 2.25. The van der Waals surface area contributed by atoms with E-state index in [2.05, 4.69) is 15.6 Å². The summed E-state index contributed by atoms with van der Waals surface area (Å²) in [5, 5.41) is 7.37. The molecule has 1 aromatic carbocycles. The van der Waals surface area contributed by atoms with Gasteiger partial charge in [-0.05, 0) is 18.1 Å². The molecule has 0 spiro atoms. The van der Waals surface area contributed by atoms with Crippen LogP contribution in [0.1, 0.15) is 25.3 Å². The van der Waals surface area contributed by atoms with E-state index in [1.165, 1.54) is 0 Å². The van der Waals surface area contributed by atoms with Crippen molar-refractivity contribution >= 4 is 47.4 Å². The van der Waals surface area contributed by atoms with E-state index in [0.717, 1.165) is 36.1 Å². The van der Waals surface area contributed by atoms with E-state index < -0.39 is 0 Å². The summed E-state index contributed by atoms with van der Waals surface area (Å²) in [4.78, 5) is 17.8. The maximum atomic E-state index is 11.7. The Morgan fingerprint density at radius 3 is 2.83 bits per heavy atom. The Hall–Kier alpha value is -1.02. The summed E-state index contributed by atoms with van der Waals surface area (Å²) in [6, 6.07) is 7.98. The minimum Gasteiger partial charge on any atom is -0.352 e. The van der Waals surface area contributed by atoms with Gasteiger partial charge in [-0.2, -0.15) is 0 Å². The maximum Gasteiger partial charge on any atom is 0.222 e. The third-order valence-electron chi connectivity index (χ3n) is 3.81. The van der Waals surface area contributed by atoms with E-state index in [-0.39, 0.29) is 35.9 Å². The zero-order chi connectivity index (χ0) is 15.9. The zero-order valence-corrected chi connectivity index (χ0v) is 16.6. The highest BCUT2D eigenvalue weighted by atomic mass is 127. The summed E-state index contributed by atoms with van der Waals surface area (Å²) in [5.74, 6) is 0.944. The smallest absolute Gasteiger partial charge is 0.222 e. The fraction of sp³-hybridized carbons (Fsp3) is 0.500. The van der Waals surface area contributed by atoms with Gasteiger partial charge in [0, 0.05) is 44.2 Å². The molecule has 7 heteroatoms. The Kier molecular flexibility index (Phi) is 8.68. The number of carbonyl (C=O) groups excluding carboxylic acids is 1. The SMILES string of the molecule is CCC(=O)N1CCC(NC(=NC)NCc2ccccc2Cl)C1.I. The van der Waals surface area contributed by atoms with E-state index in [1.54, 1.807) is 7.05 Å². The Bertz CT molecular complexity index is 553. The Balaban J connectivity index is 0.00000264. The van der Waals surface area contributed by atoms with Gasteiger partial charge in [0.2, 0.25) is 5.91 Å². The van der Waals surface area contributed by atoms with Crippen LogP contribution in [0.4, 0.5) is 0 Å². The second kappa shape index (κ2) is 9.97. The van der Waals surface area contributed by atoms with Crippen LogP contribution in [-0.4, -0.2) is 42.9 Å². The number of guanidine groups is 1. The summed E-state index contributed by atoms with van der Waals surface area (Å²) in [7, 11) is 1.74. The Labute approximate surface area is 159 Å². The number of nitrogens with one attached hydrogen (secondary N) is 2. The van der Waals surface area contributed by atoms with Crippen molar-refractivity contribution in [1.29, 1.82) is 0 Å². The van der Waals surface area contributed by atoms with Gasteiger partial charge in [-0.25, -0.2) is 0 Å². The van der Waals surface area contributed by atoms with Gasteiger partial charge >= 0.3 is 0 Å². The lowest BCUT2D eigenvalue weighted by Crippen LogP contribution is -2.44. The molecule has 1 aliphatic heterocycles. The van der Waals surface area contributed by atoms with Crippen LogP contribution in [0.15, 0.2) is 29.3 Å². The van der Waals surface area contributed by atoms with Crippen molar-refractivity contribution in [1.82, 2.24) is 15.5 Å². The molecule has 2 N–H and O–H groups in total. The van der Waals surface area contributed by atoms with Crippen LogP contribution in [0.3, 0.4) is 0 Å². The second-order valence-corrected chi connectivity index (χ2v) is 5.75. The van der Waals surface area contributed by atoms with Crippen molar-refractivity contribution in [3.05, 3.63) is 34.9 Å². The number of halogens is 2. The van der Waals surface area contributed by atoms with Crippen LogP contribution in [0.2, 0.25) is 5.02 Å². The molecule has 0 bridgehead atoms. The highest BCUT2D eigenvalue weighted by molar-refractivity contribution is 14.0. The molecule has 0 aromatic heterocycles. The van der Waals surface area contributed by atoms with E-state index in [0.29, 0.717) is 13.0 Å². The number of benzene rings is 1. The molecule has 1 atom stereocenters. The molecule has 1 unspecified atom stereocenters. The number of nitrogens with zero attached hydrogens (tertiary/aromatic N) is 2.